The summed E-state index contributed by atoms with van der Waals surface area (Å²) in [5.41, 5.74) is 6.67. The van der Waals surface area contributed by atoms with E-state index in [2.05, 4.69) is 204 Å². The number of para-hydroxylation sites is 1. The predicted octanol–water partition coefficient (Wildman–Crippen LogP) is 15.7. The summed E-state index contributed by atoms with van der Waals surface area (Å²) in [6, 6.07) is 59.8. The summed E-state index contributed by atoms with van der Waals surface area (Å²) in [6.07, 6.45) is 9.07. The van der Waals surface area contributed by atoms with E-state index in [1.807, 2.05) is 13.8 Å². The van der Waals surface area contributed by atoms with E-state index < -0.39 is 15.1 Å². The maximum atomic E-state index is 6.53. The maximum absolute atomic E-state index is 6.53. The number of allylic oxidation sites excluding steroid dienone is 4. The average molecular weight is 803 g/mol. The fraction of sp³-hybridized carbons (Fsp3) is 0.113. The predicted molar refractivity (Wildman–Crippen MR) is 262 cm³/mol. The van der Waals surface area contributed by atoms with Crippen molar-refractivity contribution in [3.8, 4) is 16.4 Å². The summed E-state index contributed by atoms with van der Waals surface area (Å²) >= 11 is 0. The highest BCUT2D eigenvalue weighted by molar-refractivity contribution is 7.71. The number of hydrogen-bond acceptors (Lipinski definition) is 3. The van der Waals surface area contributed by atoms with Crippen molar-refractivity contribution in [1.29, 1.82) is 0 Å². The molecule has 2 unspecified atom stereocenters. The number of hydrazone groups is 1. The van der Waals surface area contributed by atoms with E-state index in [4.69, 9.17) is 5.84 Å². The number of nitrogens with two attached hydrogens (primary N) is 1. The number of benzene rings is 7. The molecule has 10 rings (SSSR count). The minimum atomic E-state index is -0.675. The van der Waals surface area contributed by atoms with Crippen LogP contribution in [-0.4, -0.2) is 12.5 Å². The number of amidine groups is 1. The van der Waals surface area contributed by atoms with Crippen LogP contribution in [0.3, 0.4) is 0 Å². The lowest BCUT2D eigenvalue weighted by atomic mass is 9.99. The molecule has 9 aromatic rings. The number of nitrogens with one attached hydrogen (secondary N) is 1. The Morgan fingerprint density at radius 1 is 0.627 bits per heavy atom. The van der Waals surface area contributed by atoms with Crippen LogP contribution >= 0.6 is 15.1 Å². The summed E-state index contributed by atoms with van der Waals surface area (Å²) in [5, 5.41) is 22.1. The van der Waals surface area contributed by atoms with Gasteiger partial charge in [-0.05, 0) is 99.5 Å². The molecule has 0 amide bonds. The molecule has 290 valence electrons. The monoisotopic (exact) mass is 802 g/mol. The molecule has 1 aliphatic carbocycles. The Bertz CT molecular complexity index is 3060. The van der Waals surface area contributed by atoms with Crippen LogP contribution in [0, 0.1) is 6.92 Å². The third-order valence-corrected chi connectivity index (χ3v) is 16.6. The third kappa shape index (κ3) is 7.04. The highest BCUT2D eigenvalue weighted by Crippen LogP contribution is 2.58. The minimum absolute atomic E-state index is 0.453. The zero-order valence-corrected chi connectivity index (χ0v) is 35.6. The Labute approximate surface area is 349 Å². The maximum Gasteiger partial charge on any atom is 0.161 e. The lowest BCUT2D eigenvalue weighted by molar-refractivity contribution is 1.05. The number of hydrogen-bond donors (Lipinski definition) is 2. The second-order valence-electron chi connectivity index (χ2n) is 14.7. The van der Waals surface area contributed by atoms with Crippen LogP contribution < -0.4 is 16.1 Å². The SMILES string of the molecule is CC.Cc1ccccc1-c1ccccc1NCN(/C(=N\N)c1ccc2c(c1)c1ccccc1p2-c1ccccc1)c1ccc2c(c1)c1ccccc1p2C1=CC=CCC1. The van der Waals surface area contributed by atoms with Gasteiger partial charge in [-0.2, -0.15) is 5.10 Å². The van der Waals surface area contributed by atoms with Crippen LogP contribution in [-0.2, 0) is 0 Å². The fourth-order valence-corrected chi connectivity index (χ4v) is 14.1. The van der Waals surface area contributed by atoms with Gasteiger partial charge in [0.1, 0.15) is 0 Å². The van der Waals surface area contributed by atoms with Crippen molar-refractivity contribution in [3.63, 3.8) is 0 Å². The van der Waals surface area contributed by atoms with E-state index in [0.29, 0.717) is 12.5 Å². The van der Waals surface area contributed by atoms with E-state index in [1.165, 1.54) is 63.8 Å². The molecule has 2 aromatic heterocycles. The highest BCUT2D eigenvalue weighted by Gasteiger charge is 2.23. The zero-order valence-electron chi connectivity index (χ0n) is 33.8. The van der Waals surface area contributed by atoms with Gasteiger partial charge >= 0.3 is 0 Å². The molecule has 7 aromatic carbocycles. The van der Waals surface area contributed by atoms with Gasteiger partial charge in [-0.15, -0.1) is 0 Å². The quantitative estimate of drug-likeness (QED) is 0.0529. The van der Waals surface area contributed by atoms with Crippen molar-refractivity contribution in [1.82, 2.24) is 0 Å². The first-order chi connectivity index (χ1) is 29.2. The van der Waals surface area contributed by atoms with Crippen molar-refractivity contribution in [2.24, 2.45) is 10.9 Å². The summed E-state index contributed by atoms with van der Waals surface area (Å²) in [5.74, 6) is 7.24. The van der Waals surface area contributed by atoms with Gasteiger partial charge in [0, 0.05) is 43.0 Å². The van der Waals surface area contributed by atoms with E-state index in [9.17, 15) is 0 Å². The van der Waals surface area contributed by atoms with Gasteiger partial charge in [0.15, 0.2) is 5.84 Å². The van der Waals surface area contributed by atoms with Crippen LogP contribution in [0.1, 0.15) is 37.8 Å². The van der Waals surface area contributed by atoms with Gasteiger partial charge in [-0.25, -0.2) is 0 Å². The summed E-state index contributed by atoms with van der Waals surface area (Å²) in [6.45, 7) is 6.62. The van der Waals surface area contributed by atoms with Crippen LogP contribution in [0.15, 0.2) is 187 Å². The highest BCUT2D eigenvalue weighted by atomic mass is 31.1. The van der Waals surface area contributed by atoms with Crippen LogP contribution in [0.2, 0.25) is 0 Å². The molecule has 2 heterocycles. The number of anilines is 2. The molecule has 6 heteroatoms. The van der Waals surface area contributed by atoms with Crippen molar-refractivity contribution < 1.29 is 0 Å². The van der Waals surface area contributed by atoms with Gasteiger partial charge in [0.25, 0.3) is 0 Å². The van der Waals surface area contributed by atoms with Gasteiger partial charge in [0.2, 0.25) is 0 Å². The lowest BCUT2D eigenvalue weighted by Crippen LogP contribution is -2.37. The van der Waals surface area contributed by atoms with Gasteiger partial charge in [-0.3, -0.25) is 0 Å². The molecule has 0 saturated carbocycles. The summed E-state index contributed by atoms with van der Waals surface area (Å²) in [7, 11) is -1.27. The number of rotatable bonds is 8. The molecular formula is C53H48N4P2. The standard InChI is InChI=1S/C51H42N4P2.C2H6/c1-35-16-8-9-21-40(35)41-22-10-13-25-46(41)53-34-55(37-29-31-50-45(33-37)43-24-12-15-27-48(43)57(50)39-19-6-3-7-20-39)51(54-52)36-28-30-49-44(32-36)42-23-11-14-26-47(42)56(49)38-17-4-2-5-18-38;1-2/h2-6,8-19,21-33,53H,7,20,34,52H2,1H3;1-2H3/b54-51-;. The molecule has 0 radical (unpaired) electrons. The molecule has 4 nitrogen and oxygen atoms in total. The second-order valence-corrected chi connectivity index (χ2v) is 19.0. The first-order valence-electron chi connectivity index (χ1n) is 20.6. The van der Waals surface area contributed by atoms with Crippen molar-refractivity contribution >= 4 is 79.6 Å². The molecule has 59 heavy (non-hydrogen) atoms. The largest absolute Gasteiger partial charge is 0.367 e. The second kappa shape index (κ2) is 16.9. The molecule has 0 saturated heterocycles. The average Bonchev–Trinajstić information content (AvgIpc) is 3.81. The Morgan fingerprint density at radius 2 is 1.24 bits per heavy atom. The Kier molecular flexibility index (Phi) is 10.9. The van der Waals surface area contributed by atoms with E-state index >= 15 is 0 Å². The fourth-order valence-electron chi connectivity index (χ4n) is 8.68. The van der Waals surface area contributed by atoms with Crippen molar-refractivity contribution in [2.75, 3.05) is 16.9 Å². The van der Waals surface area contributed by atoms with E-state index in [0.717, 1.165) is 35.3 Å². The van der Waals surface area contributed by atoms with E-state index in [1.54, 1.807) is 0 Å². The smallest absolute Gasteiger partial charge is 0.161 e. The molecule has 3 N–H and O–H groups in total. The van der Waals surface area contributed by atoms with Crippen LogP contribution in [0.25, 0.3) is 63.8 Å². The number of fused-ring (bicyclic) bond motifs is 6. The molecule has 0 bridgehead atoms. The molecule has 2 atom stereocenters. The van der Waals surface area contributed by atoms with Crippen molar-refractivity contribution in [3.05, 3.63) is 193 Å². The van der Waals surface area contributed by atoms with Crippen LogP contribution in [0.5, 0.6) is 0 Å². The molecule has 0 fully saturated rings. The van der Waals surface area contributed by atoms with Gasteiger partial charge in [-0.1, -0.05) is 175 Å². The summed E-state index contributed by atoms with van der Waals surface area (Å²) < 4.78 is 0. The summed E-state index contributed by atoms with van der Waals surface area (Å²) in [4.78, 5) is 2.25. The van der Waals surface area contributed by atoms with Crippen molar-refractivity contribution in [2.45, 2.75) is 33.6 Å². The van der Waals surface area contributed by atoms with E-state index in [-0.39, 0.29) is 0 Å². The van der Waals surface area contributed by atoms with Gasteiger partial charge in [0.05, 0.1) is 6.67 Å². The molecule has 0 aliphatic heterocycles. The topological polar surface area (TPSA) is 53.6 Å². The van der Waals surface area contributed by atoms with Gasteiger partial charge < -0.3 is 16.1 Å². The Hall–Kier alpha value is -6.31. The number of nitrogens with zero attached hydrogens (tertiary/aromatic N) is 2. The normalized spacial score (nSPS) is 13.4. The molecular weight excluding hydrogens is 755 g/mol. The molecule has 0 spiro atoms. The van der Waals surface area contributed by atoms with Crippen LogP contribution in [0.4, 0.5) is 11.4 Å². The first kappa shape index (κ1) is 38.2. The molecule has 1 aliphatic rings. The first-order valence-corrected chi connectivity index (χ1v) is 23.3. The third-order valence-electron chi connectivity index (χ3n) is 11.4. The zero-order chi connectivity index (χ0) is 40.3. The Morgan fingerprint density at radius 3 is 1.97 bits per heavy atom. The Balaban J connectivity index is 0.00000221. The number of aryl methyl sites for hydroxylation is 1. The minimum Gasteiger partial charge on any atom is -0.367 e. The lowest BCUT2D eigenvalue weighted by Gasteiger charge is -2.28.